The Hall–Kier alpha value is -1.07. The van der Waals surface area contributed by atoms with E-state index in [4.69, 9.17) is 0 Å². The van der Waals surface area contributed by atoms with Crippen molar-refractivity contribution in [2.45, 2.75) is 50.9 Å². The zero-order chi connectivity index (χ0) is 16.3. The summed E-state index contributed by atoms with van der Waals surface area (Å²) in [5.74, 6) is 0. The Morgan fingerprint density at radius 1 is 0.913 bits per heavy atom. The van der Waals surface area contributed by atoms with Crippen LogP contribution in [0.1, 0.15) is 43.2 Å². The molecule has 0 saturated carbocycles. The van der Waals surface area contributed by atoms with E-state index >= 15 is 0 Å². The summed E-state index contributed by atoms with van der Waals surface area (Å²) < 4.78 is 37.9. The molecule has 0 radical (unpaired) electrons. The predicted molar refractivity (Wildman–Crippen MR) is 85.2 cm³/mol. The molecule has 2 aliphatic heterocycles. The van der Waals surface area contributed by atoms with Gasteiger partial charge in [-0.1, -0.05) is 18.6 Å². The Labute approximate surface area is 136 Å². The Morgan fingerprint density at radius 3 is 2.26 bits per heavy atom. The second-order valence-corrected chi connectivity index (χ2v) is 6.82. The maximum atomic E-state index is 12.6. The summed E-state index contributed by atoms with van der Waals surface area (Å²) in [6.45, 7) is 5.33. The van der Waals surface area contributed by atoms with Gasteiger partial charge in [0.15, 0.2) is 0 Å². The minimum Gasteiger partial charge on any atom is -0.302 e. The summed E-state index contributed by atoms with van der Waals surface area (Å²) in [5.41, 5.74) is 0.413. The quantitative estimate of drug-likeness (QED) is 0.820. The number of halogens is 3. The zero-order valence-electron chi connectivity index (χ0n) is 13.5. The average molecular weight is 326 g/mol. The minimum atomic E-state index is -4.25. The first kappa shape index (κ1) is 16.8. The van der Waals surface area contributed by atoms with Crippen LogP contribution in [0, 0.1) is 0 Å². The number of nitrogens with zero attached hydrogens (tertiary/aromatic N) is 2. The molecule has 2 nitrogen and oxygen atoms in total. The molecule has 0 bridgehead atoms. The van der Waals surface area contributed by atoms with Crippen molar-refractivity contribution in [2.24, 2.45) is 0 Å². The van der Waals surface area contributed by atoms with E-state index in [-0.39, 0.29) is 0 Å². The molecular weight excluding hydrogens is 301 g/mol. The largest absolute Gasteiger partial charge is 0.416 e. The normalized spacial score (nSPS) is 24.2. The molecular formula is C18H25F3N2. The molecule has 23 heavy (non-hydrogen) atoms. The minimum absolute atomic E-state index is 0.551. The molecule has 0 spiro atoms. The lowest BCUT2D eigenvalue weighted by Gasteiger charge is -2.33. The van der Waals surface area contributed by atoms with E-state index in [0.717, 1.165) is 25.2 Å². The SMILES string of the molecule is FC(F)(F)c1ccc(CN2CCCC2CN2CCCCC2)cc1. The first-order valence-electron chi connectivity index (χ1n) is 8.65. The van der Waals surface area contributed by atoms with E-state index in [1.165, 1.54) is 57.3 Å². The van der Waals surface area contributed by atoms with E-state index in [0.29, 0.717) is 6.04 Å². The molecule has 128 valence electrons. The molecule has 1 atom stereocenters. The van der Waals surface area contributed by atoms with E-state index < -0.39 is 11.7 Å². The molecule has 2 aliphatic rings. The fourth-order valence-electron chi connectivity index (χ4n) is 3.78. The Bertz CT molecular complexity index is 492. The van der Waals surface area contributed by atoms with Gasteiger partial charge >= 0.3 is 6.18 Å². The van der Waals surface area contributed by atoms with Crippen molar-refractivity contribution in [3.8, 4) is 0 Å². The zero-order valence-corrected chi connectivity index (χ0v) is 13.5. The highest BCUT2D eigenvalue weighted by Gasteiger charge is 2.30. The van der Waals surface area contributed by atoms with Gasteiger partial charge in [-0.25, -0.2) is 0 Å². The van der Waals surface area contributed by atoms with Crippen molar-refractivity contribution in [1.29, 1.82) is 0 Å². The van der Waals surface area contributed by atoms with Crippen molar-refractivity contribution < 1.29 is 13.2 Å². The van der Waals surface area contributed by atoms with E-state index in [9.17, 15) is 13.2 Å². The van der Waals surface area contributed by atoms with Crippen LogP contribution in [0.15, 0.2) is 24.3 Å². The van der Waals surface area contributed by atoms with Crippen molar-refractivity contribution in [3.63, 3.8) is 0 Å². The van der Waals surface area contributed by atoms with Crippen molar-refractivity contribution in [1.82, 2.24) is 9.80 Å². The molecule has 1 unspecified atom stereocenters. The molecule has 2 saturated heterocycles. The summed E-state index contributed by atoms with van der Waals surface area (Å²) in [4.78, 5) is 5.00. The smallest absolute Gasteiger partial charge is 0.302 e. The summed E-state index contributed by atoms with van der Waals surface area (Å²) in [5, 5.41) is 0. The molecule has 5 heteroatoms. The highest BCUT2D eigenvalue weighted by atomic mass is 19.4. The summed E-state index contributed by atoms with van der Waals surface area (Å²) in [6.07, 6.45) is 2.09. The maximum Gasteiger partial charge on any atom is 0.416 e. The summed E-state index contributed by atoms with van der Waals surface area (Å²) in [7, 11) is 0. The van der Waals surface area contributed by atoms with Crippen molar-refractivity contribution >= 4 is 0 Å². The van der Waals surface area contributed by atoms with Gasteiger partial charge in [-0.3, -0.25) is 4.90 Å². The molecule has 0 N–H and O–H groups in total. The summed E-state index contributed by atoms with van der Waals surface area (Å²) in [6, 6.07) is 6.20. The van der Waals surface area contributed by atoms with Gasteiger partial charge in [0, 0.05) is 19.1 Å². The standard InChI is InChI=1S/C18H25F3N2/c19-18(20,21)16-8-6-15(7-9-16)13-23-12-4-5-17(23)14-22-10-2-1-3-11-22/h6-9,17H,1-5,10-14H2. The van der Waals surface area contributed by atoms with E-state index in [1.807, 2.05) is 0 Å². The summed E-state index contributed by atoms with van der Waals surface area (Å²) >= 11 is 0. The van der Waals surface area contributed by atoms with Crippen LogP contribution in [0.4, 0.5) is 13.2 Å². The third-order valence-electron chi connectivity index (χ3n) is 5.08. The highest BCUT2D eigenvalue weighted by Crippen LogP contribution is 2.29. The lowest BCUT2D eigenvalue weighted by molar-refractivity contribution is -0.137. The number of benzene rings is 1. The van der Waals surface area contributed by atoms with E-state index in [2.05, 4.69) is 9.80 Å². The Morgan fingerprint density at radius 2 is 1.61 bits per heavy atom. The van der Waals surface area contributed by atoms with Crippen LogP contribution >= 0.6 is 0 Å². The van der Waals surface area contributed by atoms with Gasteiger partial charge in [-0.05, 0) is 63.0 Å². The number of piperidine rings is 1. The highest BCUT2D eigenvalue weighted by molar-refractivity contribution is 5.24. The van der Waals surface area contributed by atoms with Gasteiger partial charge < -0.3 is 4.90 Å². The number of hydrogen-bond donors (Lipinski definition) is 0. The first-order chi connectivity index (χ1) is 11.0. The van der Waals surface area contributed by atoms with Crippen LogP contribution in [-0.4, -0.2) is 42.0 Å². The fraction of sp³-hybridized carbons (Fsp3) is 0.667. The van der Waals surface area contributed by atoms with Crippen LogP contribution in [0.2, 0.25) is 0 Å². The molecule has 1 aromatic rings. The maximum absolute atomic E-state index is 12.6. The van der Waals surface area contributed by atoms with Crippen LogP contribution in [0.3, 0.4) is 0 Å². The first-order valence-corrected chi connectivity index (χ1v) is 8.65. The van der Waals surface area contributed by atoms with Crippen LogP contribution < -0.4 is 0 Å². The number of alkyl halides is 3. The van der Waals surface area contributed by atoms with Gasteiger partial charge in [0.1, 0.15) is 0 Å². The van der Waals surface area contributed by atoms with Crippen LogP contribution in [0.5, 0.6) is 0 Å². The molecule has 0 aliphatic carbocycles. The molecule has 0 amide bonds. The third kappa shape index (κ3) is 4.48. The molecule has 2 heterocycles. The number of likely N-dealkylation sites (tertiary alicyclic amines) is 2. The monoisotopic (exact) mass is 326 g/mol. The third-order valence-corrected chi connectivity index (χ3v) is 5.08. The molecule has 0 aromatic heterocycles. The second kappa shape index (κ2) is 7.22. The lowest BCUT2D eigenvalue weighted by Crippen LogP contribution is -2.42. The Kier molecular flexibility index (Phi) is 5.27. The average Bonchev–Trinajstić information content (AvgIpc) is 2.95. The molecule has 2 fully saturated rings. The van der Waals surface area contributed by atoms with Gasteiger partial charge in [-0.15, -0.1) is 0 Å². The second-order valence-electron chi connectivity index (χ2n) is 6.82. The van der Waals surface area contributed by atoms with Gasteiger partial charge in [0.05, 0.1) is 5.56 Å². The fourth-order valence-corrected chi connectivity index (χ4v) is 3.78. The number of rotatable bonds is 4. The predicted octanol–water partition coefficient (Wildman–Crippen LogP) is 4.16. The number of hydrogen-bond acceptors (Lipinski definition) is 2. The lowest BCUT2D eigenvalue weighted by atomic mass is 10.1. The van der Waals surface area contributed by atoms with E-state index in [1.54, 1.807) is 12.1 Å². The van der Waals surface area contributed by atoms with Crippen molar-refractivity contribution in [3.05, 3.63) is 35.4 Å². The van der Waals surface area contributed by atoms with Crippen LogP contribution in [-0.2, 0) is 12.7 Å². The molecule has 3 rings (SSSR count). The molecule has 1 aromatic carbocycles. The van der Waals surface area contributed by atoms with Crippen LogP contribution in [0.25, 0.3) is 0 Å². The van der Waals surface area contributed by atoms with Gasteiger partial charge in [-0.2, -0.15) is 13.2 Å². The van der Waals surface area contributed by atoms with Gasteiger partial charge in [0.2, 0.25) is 0 Å². The topological polar surface area (TPSA) is 6.48 Å². The Balaban J connectivity index is 1.57. The van der Waals surface area contributed by atoms with Gasteiger partial charge in [0.25, 0.3) is 0 Å². The van der Waals surface area contributed by atoms with Crippen molar-refractivity contribution in [2.75, 3.05) is 26.2 Å².